The molecule has 236 valence electrons. The van der Waals surface area contributed by atoms with E-state index in [9.17, 15) is 19.2 Å². The number of esters is 2. The highest BCUT2D eigenvalue weighted by atomic mass is 16.6. The lowest BCUT2D eigenvalue weighted by molar-refractivity contribution is -0.154. The summed E-state index contributed by atoms with van der Waals surface area (Å²) in [5.74, 6) is -1.68. The topological polar surface area (TPSA) is 134 Å². The van der Waals surface area contributed by atoms with Gasteiger partial charge in [-0.15, -0.1) is 0 Å². The number of unbranched alkanes of at least 4 members (excludes halogenated alkanes) is 4. The third-order valence-corrected chi connectivity index (χ3v) is 6.64. The van der Waals surface area contributed by atoms with Crippen LogP contribution in [0.5, 0.6) is 0 Å². The van der Waals surface area contributed by atoms with Crippen LogP contribution in [0.4, 0.5) is 4.79 Å². The molecule has 0 bridgehead atoms. The minimum Gasteiger partial charge on any atom is -0.461 e. The summed E-state index contributed by atoms with van der Waals surface area (Å²) >= 11 is 0. The summed E-state index contributed by atoms with van der Waals surface area (Å²) in [6, 6.07) is 18.6. The van der Waals surface area contributed by atoms with Gasteiger partial charge in [-0.1, -0.05) is 79.9 Å². The van der Waals surface area contributed by atoms with Crippen LogP contribution in [-0.2, 0) is 41.6 Å². The highest BCUT2D eigenvalue weighted by Crippen LogP contribution is 2.16. The maximum atomic E-state index is 13.2. The van der Waals surface area contributed by atoms with Gasteiger partial charge in [0.2, 0.25) is 5.91 Å². The number of primary amides is 1. The van der Waals surface area contributed by atoms with E-state index in [1.54, 1.807) is 20.8 Å². The Bertz CT molecular complexity index is 1120. The number of carbonyl (C=O) groups is 4. The van der Waals surface area contributed by atoms with Gasteiger partial charge in [-0.25, -0.2) is 9.59 Å². The Kier molecular flexibility index (Phi) is 15.9. The average Bonchev–Trinajstić information content (AvgIpc) is 2.94. The predicted octanol–water partition coefficient (Wildman–Crippen LogP) is 6.16. The molecule has 0 saturated heterocycles. The zero-order chi connectivity index (χ0) is 31.5. The van der Waals surface area contributed by atoms with Crippen molar-refractivity contribution in [2.24, 2.45) is 5.73 Å². The summed E-state index contributed by atoms with van der Waals surface area (Å²) in [6.07, 6.45) is 5.33. The monoisotopic (exact) mass is 596 g/mol. The molecule has 0 saturated carbocycles. The predicted molar refractivity (Wildman–Crippen MR) is 165 cm³/mol. The van der Waals surface area contributed by atoms with Gasteiger partial charge in [0, 0.05) is 6.42 Å². The molecule has 3 N–H and O–H groups in total. The molecular formula is C34H48N2O7. The summed E-state index contributed by atoms with van der Waals surface area (Å²) in [5, 5.41) is 2.56. The molecule has 0 aliphatic carbocycles. The molecule has 0 aliphatic heterocycles. The van der Waals surface area contributed by atoms with Crippen molar-refractivity contribution in [3.05, 3.63) is 71.8 Å². The SMILES string of the molecule is CC(C)(C)OC(=O)N[C@@H](CCCC(=O)OCc1ccccc1)C(=O)O[C@@H](CCCCCCCc1ccccc1)CC(N)=O. The van der Waals surface area contributed by atoms with Crippen LogP contribution in [-0.4, -0.2) is 41.7 Å². The number of benzene rings is 2. The first-order valence-electron chi connectivity index (χ1n) is 15.2. The smallest absolute Gasteiger partial charge is 0.408 e. The van der Waals surface area contributed by atoms with Crippen LogP contribution in [0.3, 0.4) is 0 Å². The molecule has 0 aromatic heterocycles. The fourth-order valence-corrected chi connectivity index (χ4v) is 4.51. The van der Waals surface area contributed by atoms with Crippen LogP contribution in [0.2, 0.25) is 0 Å². The van der Waals surface area contributed by atoms with Gasteiger partial charge in [0.25, 0.3) is 0 Å². The first kappa shape index (κ1) is 35.3. The van der Waals surface area contributed by atoms with Crippen molar-refractivity contribution < 1.29 is 33.4 Å². The number of aryl methyl sites for hydroxylation is 1. The van der Waals surface area contributed by atoms with E-state index in [4.69, 9.17) is 19.9 Å². The third kappa shape index (κ3) is 17.0. The number of nitrogens with two attached hydrogens (primary N) is 1. The number of nitrogens with one attached hydrogen (secondary N) is 1. The Labute approximate surface area is 255 Å². The molecule has 2 atom stereocenters. The summed E-state index contributed by atoms with van der Waals surface area (Å²) < 4.78 is 16.3. The molecule has 0 heterocycles. The standard InChI is InChI=1S/C34H48N2O7/c1-34(2,3)43-33(40)36-29(22-15-23-31(38)41-25-27-19-12-8-13-20-27)32(39)42-28(24-30(35)37)21-14-6-4-5-9-16-26-17-10-7-11-18-26/h7-8,10-13,17-20,28-29H,4-6,9,14-16,21-25H2,1-3H3,(H2,35,37)(H,36,40)/t28-,29-/m0/s1. The van der Waals surface area contributed by atoms with Crippen molar-refractivity contribution in [2.45, 2.75) is 116 Å². The van der Waals surface area contributed by atoms with Gasteiger partial charge >= 0.3 is 18.0 Å². The number of ether oxygens (including phenoxy) is 3. The first-order chi connectivity index (χ1) is 20.5. The summed E-state index contributed by atoms with van der Waals surface area (Å²) in [5.41, 5.74) is 6.86. The van der Waals surface area contributed by atoms with Crippen molar-refractivity contribution >= 4 is 23.9 Å². The summed E-state index contributed by atoms with van der Waals surface area (Å²) in [4.78, 5) is 49.6. The molecule has 0 unspecified atom stereocenters. The third-order valence-electron chi connectivity index (χ3n) is 6.64. The van der Waals surface area contributed by atoms with E-state index in [2.05, 4.69) is 17.4 Å². The second kappa shape index (κ2) is 19.3. The first-order valence-corrected chi connectivity index (χ1v) is 15.2. The maximum Gasteiger partial charge on any atom is 0.408 e. The molecule has 0 aliphatic rings. The Balaban J connectivity index is 1.85. The van der Waals surface area contributed by atoms with E-state index < -0.39 is 41.7 Å². The fourth-order valence-electron chi connectivity index (χ4n) is 4.51. The molecule has 0 spiro atoms. The number of hydrogen-bond donors (Lipinski definition) is 2. The van der Waals surface area contributed by atoms with Crippen LogP contribution in [0, 0.1) is 0 Å². The lowest BCUT2D eigenvalue weighted by atomic mass is 10.0. The molecule has 43 heavy (non-hydrogen) atoms. The van der Waals surface area contributed by atoms with Crippen LogP contribution < -0.4 is 11.1 Å². The molecule has 2 amide bonds. The number of carbonyl (C=O) groups excluding carboxylic acids is 4. The molecular weight excluding hydrogens is 548 g/mol. The Morgan fingerprint density at radius 2 is 1.40 bits per heavy atom. The van der Waals surface area contributed by atoms with Gasteiger partial charge in [-0.2, -0.15) is 0 Å². The van der Waals surface area contributed by atoms with Crippen LogP contribution in [0.1, 0.15) is 96.1 Å². The van der Waals surface area contributed by atoms with Gasteiger partial charge in [0.15, 0.2) is 0 Å². The van der Waals surface area contributed by atoms with Gasteiger partial charge in [-0.3, -0.25) is 9.59 Å². The second-order valence-corrected chi connectivity index (χ2v) is 11.8. The molecule has 0 fully saturated rings. The number of amides is 2. The minimum absolute atomic E-state index is 0.0571. The van der Waals surface area contributed by atoms with Crippen molar-refractivity contribution in [1.29, 1.82) is 0 Å². The van der Waals surface area contributed by atoms with Crippen LogP contribution in [0.25, 0.3) is 0 Å². The van der Waals surface area contributed by atoms with Crippen LogP contribution in [0.15, 0.2) is 60.7 Å². The maximum absolute atomic E-state index is 13.2. The van der Waals surface area contributed by atoms with E-state index in [0.29, 0.717) is 6.42 Å². The normalized spacial score (nSPS) is 12.5. The van der Waals surface area contributed by atoms with E-state index in [1.165, 1.54) is 5.56 Å². The summed E-state index contributed by atoms with van der Waals surface area (Å²) in [7, 11) is 0. The molecule has 2 aromatic carbocycles. The van der Waals surface area contributed by atoms with Crippen molar-refractivity contribution in [1.82, 2.24) is 5.32 Å². The lowest BCUT2D eigenvalue weighted by Crippen LogP contribution is -2.45. The molecule has 2 aromatic rings. The second-order valence-electron chi connectivity index (χ2n) is 11.8. The number of alkyl carbamates (subject to hydrolysis) is 1. The number of rotatable bonds is 19. The largest absolute Gasteiger partial charge is 0.461 e. The molecule has 0 radical (unpaired) electrons. The zero-order valence-electron chi connectivity index (χ0n) is 25.8. The van der Waals surface area contributed by atoms with E-state index in [0.717, 1.165) is 44.1 Å². The van der Waals surface area contributed by atoms with Gasteiger partial charge in [0.1, 0.15) is 24.4 Å². The Hall–Kier alpha value is -3.88. The fraction of sp³-hybridized carbons (Fsp3) is 0.529. The Morgan fingerprint density at radius 3 is 2.02 bits per heavy atom. The van der Waals surface area contributed by atoms with Gasteiger partial charge in [0.05, 0.1) is 6.42 Å². The molecule has 2 rings (SSSR count). The quantitative estimate of drug-likeness (QED) is 0.113. The van der Waals surface area contributed by atoms with Gasteiger partial charge in [-0.05, 0) is 70.4 Å². The van der Waals surface area contributed by atoms with E-state index in [1.807, 2.05) is 48.5 Å². The number of hydrogen-bond acceptors (Lipinski definition) is 7. The summed E-state index contributed by atoms with van der Waals surface area (Å²) in [6.45, 7) is 5.30. The zero-order valence-corrected chi connectivity index (χ0v) is 25.8. The highest BCUT2D eigenvalue weighted by molar-refractivity contribution is 5.82. The van der Waals surface area contributed by atoms with Gasteiger partial charge < -0.3 is 25.3 Å². The van der Waals surface area contributed by atoms with E-state index >= 15 is 0 Å². The van der Waals surface area contributed by atoms with Crippen LogP contribution >= 0.6 is 0 Å². The van der Waals surface area contributed by atoms with E-state index in [-0.39, 0.29) is 32.3 Å². The Morgan fingerprint density at radius 1 is 0.791 bits per heavy atom. The highest BCUT2D eigenvalue weighted by Gasteiger charge is 2.28. The van der Waals surface area contributed by atoms with Crippen molar-refractivity contribution in [2.75, 3.05) is 0 Å². The lowest BCUT2D eigenvalue weighted by Gasteiger charge is -2.24. The molecule has 9 nitrogen and oxygen atoms in total. The average molecular weight is 597 g/mol. The van der Waals surface area contributed by atoms with Crippen molar-refractivity contribution in [3.63, 3.8) is 0 Å². The minimum atomic E-state index is -1.06. The molecule has 9 heteroatoms. The van der Waals surface area contributed by atoms with Crippen molar-refractivity contribution in [3.8, 4) is 0 Å².